The molecule has 4 aromatic rings. The van der Waals surface area contributed by atoms with E-state index in [0.29, 0.717) is 17.3 Å². The van der Waals surface area contributed by atoms with Gasteiger partial charge in [-0.2, -0.15) is 0 Å². The summed E-state index contributed by atoms with van der Waals surface area (Å²) in [6, 6.07) is 23.7. The Balaban J connectivity index is 1.41. The van der Waals surface area contributed by atoms with Crippen molar-refractivity contribution in [3.63, 3.8) is 0 Å². The normalized spacial score (nSPS) is 14.9. The van der Waals surface area contributed by atoms with E-state index in [1.165, 1.54) is 4.90 Å². The van der Waals surface area contributed by atoms with E-state index in [1.807, 2.05) is 60.7 Å². The Morgan fingerprint density at radius 2 is 1.71 bits per heavy atom. The molecule has 7 heteroatoms. The van der Waals surface area contributed by atoms with Crippen molar-refractivity contribution < 1.29 is 9.47 Å². The lowest BCUT2D eigenvalue weighted by atomic mass is 10.1. The maximum atomic E-state index is 6.36. The number of ether oxygens (including phenoxy) is 2. The minimum absolute atomic E-state index is 0.163. The summed E-state index contributed by atoms with van der Waals surface area (Å²) in [5.41, 5.74) is 9.84. The summed E-state index contributed by atoms with van der Waals surface area (Å²) in [5.74, 6) is 1.85. The zero-order valence-electron chi connectivity index (χ0n) is 16.8. The van der Waals surface area contributed by atoms with E-state index in [-0.39, 0.29) is 5.50 Å². The van der Waals surface area contributed by atoms with Crippen LogP contribution in [0.25, 0.3) is 11.3 Å². The van der Waals surface area contributed by atoms with Gasteiger partial charge in [0.05, 0.1) is 12.8 Å². The van der Waals surface area contributed by atoms with Crippen molar-refractivity contribution in [2.75, 3.05) is 12.0 Å². The van der Waals surface area contributed by atoms with Gasteiger partial charge in [0.15, 0.2) is 0 Å². The number of methoxy groups -OCH3 is 1. The zero-order valence-corrected chi connectivity index (χ0v) is 17.6. The number of aromatic nitrogens is 2. The summed E-state index contributed by atoms with van der Waals surface area (Å²) in [6.07, 6.45) is 3.26. The highest BCUT2D eigenvalue weighted by Crippen LogP contribution is 2.45. The number of hydrogen-bond acceptors (Lipinski definition) is 7. The van der Waals surface area contributed by atoms with Gasteiger partial charge >= 0.3 is 0 Å². The molecule has 1 aliphatic rings. The number of fused-ring (bicyclic) bond motifs is 1. The maximum absolute atomic E-state index is 6.36. The van der Waals surface area contributed by atoms with Gasteiger partial charge in [-0.1, -0.05) is 36.0 Å². The van der Waals surface area contributed by atoms with Crippen LogP contribution in [0, 0.1) is 0 Å². The molecule has 0 saturated carbocycles. The minimum Gasteiger partial charge on any atom is -0.497 e. The van der Waals surface area contributed by atoms with Crippen LogP contribution in [-0.2, 0) is 0 Å². The van der Waals surface area contributed by atoms with Crippen LogP contribution >= 0.6 is 11.8 Å². The Morgan fingerprint density at radius 1 is 0.903 bits per heavy atom. The van der Waals surface area contributed by atoms with Gasteiger partial charge in [-0.05, 0) is 48.5 Å². The first-order valence-corrected chi connectivity index (χ1v) is 10.6. The van der Waals surface area contributed by atoms with Crippen molar-refractivity contribution in [3.8, 4) is 28.6 Å². The number of rotatable bonds is 5. The molecule has 6 nitrogen and oxygen atoms in total. The minimum atomic E-state index is -0.163. The summed E-state index contributed by atoms with van der Waals surface area (Å²) < 4.78 is 11.4. The second-order valence-electron chi connectivity index (χ2n) is 6.88. The lowest BCUT2D eigenvalue weighted by Gasteiger charge is -2.23. The summed E-state index contributed by atoms with van der Waals surface area (Å²) >= 11 is 1.65. The Hall–Kier alpha value is -3.55. The predicted molar refractivity (Wildman–Crippen MR) is 123 cm³/mol. The number of nitrogens with two attached hydrogens (primary N) is 1. The number of benzene rings is 3. The summed E-state index contributed by atoms with van der Waals surface area (Å²) in [4.78, 5) is 12.2. The van der Waals surface area contributed by atoms with Crippen molar-refractivity contribution in [1.82, 2.24) is 9.97 Å². The lowest BCUT2D eigenvalue weighted by molar-refractivity contribution is 0.415. The fourth-order valence-corrected chi connectivity index (χ4v) is 4.56. The van der Waals surface area contributed by atoms with Crippen molar-refractivity contribution in [2.24, 2.45) is 5.73 Å². The molecule has 1 aliphatic heterocycles. The van der Waals surface area contributed by atoms with E-state index >= 15 is 0 Å². The van der Waals surface area contributed by atoms with Gasteiger partial charge in [0.25, 0.3) is 0 Å². The Labute approximate surface area is 184 Å². The molecule has 154 valence electrons. The average Bonchev–Trinajstić information content (AvgIpc) is 3.16. The van der Waals surface area contributed by atoms with Crippen LogP contribution in [0.15, 0.2) is 90.1 Å². The molecule has 1 atom stereocenters. The van der Waals surface area contributed by atoms with Gasteiger partial charge in [-0.25, -0.2) is 9.97 Å². The summed E-state index contributed by atoms with van der Waals surface area (Å²) in [6.45, 7) is 0. The van der Waals surface area contributed by atoms with E-state index in [1.54, 1.807) is 31.3 Å². The molecule has 0 fully saturated rings. The van der Waals surface area contributed by atoms with Crippen LogP contribution in [0.2, 0.25) is 0 Å². The predicted octanol–water partition coefficient (Wildman–Crippen LogP) is 5.43. The standard InChI is InChI=1S/C24H20N4O2S/c1-29-19-6-4-5-16(15-19)22-23(27-14-13-26-22)30-18-11-9-17(10-12-18)28-20-7-2-3-8-21(20)31-24(28)25/h2-15,24H,25H2,1H3. The highest BCUT2D eigenvalue weighted by molar-refractivity contribution is 8.00. The first-order chi connectivity index (χ1) is 15.2. The molecule has 1 unspecified atom stereocenters. The molecule has 2 N–H and O–H groups in total. The molecular weight excluding hydrogens is 408 g/mol. The Morgan fingerprint density at radius 3 is 2.55 bits per heavy atom. The van der Waals surface area contributed by atoms with E-state index in [2.05, 4.69) is 27.0 Å². The van der Waals surface area contributed by atoms with Crippen LogP contribution in [0.4, 0.5) is 11.4 Å². The zero-order chi connectivity index (χ0) is 21.2. The highest BCUT2D eigenvalue weighted by Gasteiger charge is 2.28. The molecule has 0 radical (unpaired) electrons. The van der Waals surface area contributed by atoms with E-state index in [0.717, 1.165) is 22.7 Å². The smallest absolute Gasteiger partial charge is 0.246 e. The van der Waals surface area contributed by atoms with Gasteiger partial charge < -0.3 is 20.1 Å². The lowest BCUT2D eigenvalue weighted by Crippen LogP contribution is -2.31. The maximum Gasteiger partial charge on any atom is 0.246 e. The molecule has 31 heavy (non-hydrogen) atoms. The van der Waals surface area contributed by atoms with Crippen LogP contribution < -0.4 is 20.1 Å². The molecular formula is C24H20N4O2S. The second kappa shape index (κ2) is 8.29. The van der Waals surface area contributed by atoms with Gasteiger partial charge in [0.2, 0.25) is 5.88 Å². The summed E-state index contributed by atoms with van der Waals surface area (Å²) in [7, 11) is 1.64. The third-order valence-corrected chi connectivity index (χ3v) is 6.02. The molecule has 1 aromatic heterocycles. The Bertz CT molecular complexity index is 1220. The van der Waals surface area contributed by atoms with Gasteiger partial charge in [0, 0.05) is 28.5 Å². The fraction of sp³-hybridized carbons (Fsp3) is 0.0833. The molecule has 0 saturated heterocycles. The number of hydrogen-bond donors (Lipinski definition) is 1. The number of nitrogens with zero attached hydrogens (tertiary/aromatic N) is 3. The Kier molecular flexibility index (Phi) is 5.19. The molecule has 2 heterocycles. The highest BCUT2D eigenvalue weighted by atomic mass is 32.2. The largest absolute Gasteiger partial charge is 0.497 e. The van der Waals surface area contributed by atoms with Crippen LogP contribution in [-0.4, -0.2) is 22.6 Å². The van der Waals surface area contributed by atoms with Gasteiger partial charge in [-0.15, -0.1) is 0 Å². The topological polar surface area (TPSA) is 73.5 Å². The first kappa shape index (κ1) is 19.4. The fourth-order valence-electron chi connectivity index (χ4n) is 3.52. The second-order valence-corrected chi connectivity index (χ2v) is 8.04. The van der Waals surface area contributed by atoms with Crippen molar-refractivity contribution in [2.45, 2.75) is 10.4 Å². The molecule has 0 aliphatic carbocycles. The van der Waals surface area contributed by atoms with E-state index < -0.39 is 0 Å². The molecule has 3 aromatic carbocycles. The number of para-hydroxylation sites is 1. The van der Waals surface area contributed by atoms with Crippen molar-refractivity contribution >= 4 is 23.1 Å². The van der Waals surface area contributed by atoms with E-state index in [9.17, 15) is 0 Å². The van der Waals surface area contributed by atoms with E-state index in [4.69, 9.17) is 15.2 Å². The molecule has 0 bridgehead atoms. The quantitative estimate of drug-likeness (QED) is 0.454. The summed E-state index contributed by atoms with van der Waals surface area (Å²) in [5, 5.41) is 0. The van der Waals surface area contributed by atoms with Gasteiger partial charge in [0.1, 0.15) is 22.7 Å². The monoisotopic (exact) mass is 428 g/mol. The average molecular weight is 429 g/mol. The van der Waals surface area contributed by atoms with Crippen LogP contribution in [0.5, 0.6) is 17.4 Å². The number of anilines is 2. The number of thioether (sulfide) groups is 1. The molecule has 5 rings (SSSR count). The van der Waals surface area contributed by atoms with Crippen LogP contribution in [0.3, 0.4) is 0 Å². The van der Waals surface area contributed by atoms with Gasteiger partial charge in [-0.3, -0.25) is 0 Å². The third kappa shape index (κ3) is 3.81. The molecule has 0 amide bonds. The van der Waals surface area contributed by atoms with Crippen molar-refractivity contribution in [1.29, 1.82) is 0 Å². The third-order valence-electron chi connectivity index (χ3n) is 4.96. The van der Waals surface area contributed by atoms with Crippen molar-refractivity contribution in [3.05, 3.63) is 85.2 Å². The molecule has 0 spiro atoms. The van der Waals surface area contributed by atoms with Crippen LogP contribution in [0.1, 0.15) is 0 Å². The SMILES string of the molecule is COc1cccc(-c2nccnc2Oc2ccc(N3c4ccccc4SC3N)cc2)c1. The first-order valence-electron chi connectivity index (χ1n) is 9.77.